The Hall–Kier alpha value is -2.89. The van der Waals surface area contributed by atoms with Crippen LogP contribution in [0.15, 0.2) is 45.8 Å². The van der Waals surface area contributed by atoms with Crippen molar-refractivity contribution < 1.29 is 13.9 Å². The maximum atomic E-state index is 12.1. The zero-order valence-electron chi connectivity index (χ0n) is 10.5. The minimum absolute atomic E-state index is 0.0656. The normalized spacial score (nSPS) is 10.7. The van der Waals surface area contributed by atoms with Crippen LogP contribution in [0.3, 0.4) is 0 Å². The Morgan fingerprint density at radius 3 is 2.75 bits per heavy atom. The number of nitrogens with zero attached hydrogens (tertiary/aromatic N) is 1. The average molecular weight is 270 g/mol. The minimum Gasteiger partial charge on any atom is -0.465 e. The molecule has 0 bridgehead atoms. The van der Waals surface area contributed by atoms with E-state index in [1.54, 1.807) is 0 Å². The van der Waals surface area contributed by atoms with Gasteiger partial charge in [0, 0.05) is 5.56 Å². The molecule has 0 saturated carbocycles. The van der Waals surface area contributed by atoms with E-state index in [1.165, 1.54) is 13.4 Å². The molecule has 0 aliphatic carbocycles. The lowest BCUT2D eigenvalue weighted by molar-refractivity contribution is 0.0602. The zero-order valence-corrected chi connectivity index (χ0v) is 10.5. The topological polar surface area (TPSA) is 85.2 Å². The van der Waals surface area contributed by atoms with E-state index in [9.17, 15) is 9.59 Å². The van der Waals surface area contributed by atoms with Crippen LogP contribution >= 0.6 is 0 Å². The van der Waals surface area contributed by atoms with Crippen LogP contribution in [0.2, 0.25) is 0 Å². The van der Waals surface area contributed by atoms with E-state index in [-0.39, 0.29) is 16.7 Å². The van der Waals surface area contributed by atoms with Crippen LogP contribution in [0.4, 0.5) is 0 Å². The van der Waals surface area contributed by atoms with Crippen molar-refractivity contribution in [3.8, 4) is 11.4 Å². The van der Waals surface area contributed by atoms with E-state index in [1.807, 2.05) is 30.3 Å². The number of nitrogens with one attached hydrogen (secondary N) is 1. The van der Waals surface area contributed by atoms with Gasteiger partial charge in [0.15, 0.2) is 0 Å². The molecule has 0 radical (unpaired) electrons. The number of carbonyl (C=O) groups is 1. The second-order valence-electron chi connectivity index (χ2n) is 4.10. The Bertz CT molecular complexity index is 833. The second kappa shape index (κ2) is 4.65. The summed E-state index contributed by atoms with van der Waals surface area (Å²) >= 11 is 0. The van der Waals surface area contributed by atoms with Crippen molar-refractivity contribution in [2.45, 2.75) is 0 Å². The molecule has 100 valence electrons. The molecule has 0 atom stereocenters. The number of hydrogen-bond donors (Lipinski definition) is 1. The number of ether oxygens (including phenoxy) is 1. The van der Waals surface area contributed by atoms with E-state index >= 15 is 0 Å². The molecule has 20 heavy (non-hydrogen) atoms. The summed E-state index contributed by atoms with van der Waals surface area (Å²) in [5.41, 5.74) is 0.481. The number of hydrogen-bond acceptors (Lipinski definition) is 5. The third-order valence-corrected chi connectivity index (χ3v) is 2.90. The number of aromatic nitrogens is 2. The van der Waals surface area contributed by atoms with Gasteiger partial charge in [-0.3, -0.25) is 4.79 Å². The average Bonchev–Trinajstić information content (AvgIpc) is 2.92. The number of methoxy groups -OCH3 is 1. The zero-order chi connectivity index (χ0) is 14.1. The minimum atomic E-state index is -0.636. The Morgan fingerprint density at radius 2 is 2.05 bits per heavy atom. The molecule has 6 heteroatoms. The quantitative estimate of drug-likeness (QED) is 0.719. The predicted molar refractivity (Wildman–Crippen MR) is 71.4 cm³/mol. The number of rotatable bonds is 2. The SMILES string of the molecule is COC(=O)c1coc2nc(-c3ccccc3)[nH]c(=O)c12. The smallest absolute Gasteiger partial charge is 0.342 e. The molecule has 2 aromatic heterocycles. The molecule has 0 unspecified atom stereocenters. The van der Waals surface area contributed by atoms with Gasteiger partial charge < -0.3 is 14.1 Å². The van der Waals surface area contributed by atoms with Gasteiger partial charge in [-0.05, 0) is 0 Å². The number of furan rings is 1. The fourth-order valence-corrected chi connectivity index (χ4v) is 1.94. The van der Waals surface area contributed by atoms with Crippen LogP contribution in [0, 0.1) is 0 Å². The third-order valence-electron chi connectivity index (χ3n) is 2.90. The maximum Gasteiger partial charge on any atom is 0.342 e. The lowest BCUT2D eigenvalue weighted by Gasteiger charge is -2.00. The van der Waals surface area contributed by atoms with Crippen molar-refractivity contribution in [2.24, 2.45) is 0 Å². The molecule has 1 aromatic carbocycles. The summed E-state index contributed by atoms with van der Waals surface area (Å²) in [5, 5.41) is 0.0940. The highest BCUT2D eigenvalue weighted by Crippen LogP contribution is 2.20. The number of esters is 1. The summed E-state index contributed by atoms with van der Waals surface area (Å²) in [5.74, 6) is -0.252. The van der Waals surface area contributed by atoms with E-state index in [0.29, 0.717) is 5.82 Å². The van der Waals surface area contributed by atoms with Crippen molar-refractivity contribution in [3.63, 3.8) is 0 Å². The molecule has 0 amide bonds. The Balaban J connectivity index is 2.23. The van der Waals surface area contributed by atoms with Crippen molar-refractivity contribution in [3.05, 3.63) is 52.5 Å². The number of aromatic amines is 1. The Kier molecular flexibility index (Phi) is 2.83. The Labute approximate surface area is 113 Å². The lowest BCUT2D eigenvalue weighted by Crippen LogP contribution is -2.12. The number of carbonyl (C=O) groups excluding carboxylic acids is 1. The molecule has 0 aliphatic rings. The standard InChI is InChI=1S/C14H10N2O4/c1-19-14(18)9-7-20-13-10(9)12(17)15-11(16-13)8-5-3-2-4-6-8/h2-7H,1H3,(H,15,16,17). The fourth-order valence-electron chi connectivity index (χ4n) is 1.94. The molecule has 3 rings (SSSR count). The highest BCUT2D eigenvalue weighted by molar-refractivity contribution is 6.02. The second-order valence-corrected chi connectivity index (χ2v) is 4.10. The summed E-state index contributed by atoms with van der Waals surface area (Å²) in [6.45, 7) is 0. The van der Waals surface area contributed by atoms with Crippen molar-refractivity contribution in [1.29, 1.82) is 0 Å². The summed E-state index contributed by atoms with van der Waals surface area (Å²) in [4.78, 5) is 30.5. The van der Waals surface area contributed by atoms with Gasteiger partial charge in [-0.25, -0.2) is 4.79 Å². The van der Waals surface area contributed by atoms with E-state index in [2.05, 4.69) is 14.7 Å². The van der Waals surface area contributed by atoms with Gasteiger partial charge in [0.25, 0.3) is 5.56 Å². The van der Waals surface area contributed by atoms with E-state index in [0.717, 1.165) is 5.56 Å². The van der Waals surface area contributed by atoms with Crippen molar-refractivity contribution in [2.75, 3.05) is 7.11 Å². The molecule has 1 N–H and O–H groups in total. The molecule has 3 aromatic rings. The third kappa shape index (κ3) is 1.87. The molecular formula is C14H10N2O4. The van der Waals surface area contributed by atoms with Crippen LogP contribution in [0.25, 0.3) is 22.5 Å². The largest absolute Gasteiger partial charge is 0.465 e. The highest BCUT2D eigenvalue weighted by Gasteiger charge is 2.19. The van der Waals surface area contributed by atoms with E-state index in [4.69, 9.17) is 4.42 Å². The van der Waals surface area contributed by atoms with Crippen LogP contribution in [-0.4, -0.2) is 23.0 Å². The molecule has 6 nitrogen and oxygen atoms in total. The Morgan fingerprint density at radius 1 is 1.30 bits per heavy atom. The molecule has 0 aliphatic heterocycles. The summed E-state index contributed by atoms with van der Waals surface area (Å²) < 4.78 is 9.78. The first-order valence-electron chi connectivity index (χ1n) is 5.86. The van der Waals surface area contributed by atoms with Gasteiger partial charge in [0.05, 0.1) is 7.11 Å². The molecule has 0 saturated heterocycles. The van der Waals surface area contributed by atoms with Crippen LogP contribution in [-0.2, 0) is 4.74 Å². The monoisotopic (exact) mass is 270 g/mol. The summed E-state index contributed by atoms with van der Waals surface area (Å²) in [6, 6.07) is 9.16. The van der Waals surface area contributed by atoms with Gasteiger partial charge in [-0.15, -0.1) is 0 Å². The molecular weight excluding hydrogens is 260 g/mol. The summed E-state index contributed by atoms with van der Waals surface area (Å²) in [6.07, 6.45) is 1.17. The van der Waals surface area contributed by atoms with Crippen molar-refractivity contribution >= 4 is 17.1 Å². The number of H-pyrrole nitrogens is 1. The fraction of sp³-hybridized carbons (Fsp3) is 0.0714. The first-order valence-corrected chi connectivity index (χ1v) is 5.86. The number of benzene rings is 1. The molecule has 0 spiro atoms. The van der Waals surface area contributed by atoms with Crippen LogP contribution < -0.4 is 5.56 Å². The molecule has 2 heterocycles. The van der Waals surface area contributed by atoms with Gasteiger partial charge in [-0.2, -0.15) is 4.98 Å². The van der Waals surface area contributed by atoms with Gasteiger partial charge in [0.2, 0.25) is 5.71 Å². The highest BCUT2D eigenvalue weighted by atomic mass is 16.5. The first-order chi connectivity index (χ1) is 9.70. The lowest BCUT2D eigenvalue weighted by atomic mass is 10.2. The summed E-state index contributed by atoms with van der Waals surface area (Å²) in [7, 11) is 1.24. The van der Waals surface area contributed by atoms with Crippen molar-refractivity contribution in [1.82, 2.24) is 9.97 Å². The predicted octanol–water partition coefficient (Wildman–Crippen LogP) is 1.97. The maximum absolute atomic E-state index is 12.1. The van der Waals surface area contributed by atoms with Gasteiger partial charge in [-0.1, -0.05) is 30.3 Å². The van der Waals surface area contributed by atoms with Crippen LogP contribution in [0.1, 0.15) is 10.4 Å². The number of fused-ring (bicyclic) bond motifs is 1. The first kappa shape index (κ1) is 12.2. The van der Waals surface area contributed by atoms with Crippen LogP contribution in [0.5, 0.6) is 0 Å². The van der Waals surface area contributed by atoms with E-state index < -0.39 is 11.5 Å². The van der Waals surface area contributed by atoms with Gasteiger partial charge in [0.1, 0.15) is 23.0 Å². The molecule has 0 fully saturated rings. The van der Waals surface area contributed by atoms with Gasteiger partial charge >= 0.3 is 5.97 Å².